The van der Waals surface area contributed by atoms with Gasteiger partial charge in [0.1, 0.15) is 6.04 Å². The Morgan fingerprint density at radius 2 is 1.42 bits per heavy atom. The molecular formula is C29H46N6O8. The summed E-state index contributed by atoms with van der Waals surface area (Å²) in [5.41, 5.74) is 6.73. The van der Waals surface area contributed by atoms with Gasteiger partial charge in [-0.25, -0.2) is 0 Å². The smallest absolute Gasteiger partial charge is 0.305 e. The van der Waals surface area contributed by atoms with Crippen LogP contribution in [0.15, 0.2) is 24.3 Å². The zero-order valence-corrected chi connectivity index (χ0v) is 25.6. The summed E-state index contributed by atoms with van der Waals surface area (Å²) in [4.78, 5) is 74.2. The van der Waals surface area contributed by atoms with E-state index in [4.69, 9.17) is 10.8 Å². The second-order valence-electron chi connectivity index (χ2n) is 11.0. The van der Waals surface area contributed by atoms with Crippen molar-refractivity contribution in [1.29, 1.82) is 0 Å². The lowest BCUT2D eigenvalue weighted by Gasteiger charge is -2.25. The standard InChI is InChI=1S/C29H46N6O8/c1-15(2)26(40)20(34-28(42)21(31-6)13-24(38)39)12-23(37)32-14-19-10-8-7-9-18(19)11-22(33-16(3)4)29(43)35-25(17(5)36)27(30)41/h7-10,15-17,20-22,25,31,33,36H,11-14H2,1-6H3,(H2,30,41)(H,32,37)(H,34,42)(H,35,43)(H,38,39)/t17-,20+,21+,22+,25+/m1/s1. The van der Waals surface area contributed by atoms with Crippen LogP contribution in [0.5, 0.6) is 0 Å². The number of aliphatic carboxylic acids is 1. The summed E-state index contributed by atoms with van der Waals surface area (Å²) in [6, 6.07) is 2.66. The predicted octanol–water partition coefficient (Wildman–Crippen LogP) is -1.27. The molecule has 240 valence electrons. The lowest BCUT2D eigenvalue weighted by atomic mass is 9.97. The second kappa shape index (κ2) is 17.9. The average molecular weight is 607 g/mol. The first-order valence-electron chi connectivity index (χ1n) is 14.2. The molecule has 0 radical (unpaired) electrons. The highest BCUT2D eigenvalue weighted by Crippen LogP contribution is 2.13. The van der Waals surface area contributed by atoms with Crippen LogP contribution < -0.4 is 32.3 Å². The first kappa shape index (κ1) is 37.1. The predicted molar refractivity (Wildman–Crippen MR) is 158 cm³/mol. The van der Waals surface area contributed by atoms with Gasteiger partial charge in [0.15, 0.2) is 5.78 Å². The number of primary amides is 1. The SMILES string of the molecule is CN[C@@H](CC(=O)O)C(=O)N[C@@H](CC(=O)NCc1ccccc1C[C@H](NC(C)C)C(=O)N[C@H](C(N)=O)[C@@H](C)O)C(=O)C(C)C. The van der Waals surface area contributed by atoms with E-state index in [-0.39, 0.29) is 31.2 Å². The Hall–Kier alpha value is -3.88. The second-order valence-corrected chi connectivity index (χ2v) is 11.0. The molecule has 43 heavy (non-hydrogen) atoms. The number of nitrogens with one attached hydrogen (secondary N) is 5. The van der Waals surface area contributed by atoms with Gasteiger partial charge in [-0.3, -0.25) is 28.8 Å². The monoisotopic (exact) mass is 606 g/mol. The maximum absolute atomic E-state index is 13.1. The van der Waals surface area contributed by atoms with E-state index in [1.54, 1.807) is 38.1 Å². The minimum Gasteiger partial charge on any atom is -0.481 e. The average Bonchev–Trinajstić information content (AvgIpc) is 2.91. The number of ketones is 1. The molecule has 1 aromatic rings. The summed E-state index contributed by atoms with van der Waals surface area (Å²) in [6.45, 7) is 8.36. The number of carbonyl (C=O) groups is 6. The van der Waals surface area contributed by atoms with Gasteiger partial charge in [-0.2, -0.15) is 0 Å². The number of likely N-dealkylation sites (N-methyl/N-ethyl adjacent to an activating group) is 1. The van der Waals surface area contributed by atoms with Gasteiger partial charge in [0.25, 0.3) is 0 Å². The minimum atomic E-state index is -1.27. The number of hydrogen-bond donors (Lipinski definition) is 8. The van der Waals surface area contributed by atoms with Crippen molar-refractivity contribution in [2.75, 3.05) is 7.05 Å². The molecule has 0 aromatic heterocycles. The fourth-order valence-corrected chi connectivity index (χ4v) is 4.31. The Morgan fingerprint density at radius 3 is 1.91 bits per heavy atom. The minimum absolute atomic E-state index is 0.0529. The van der Waals surface area contributed by atoms with Crippen LogP contribution in [0.1, 0.15) is 58.6 Å². The molecule has 0 aliphatic carbocycles. The molecule has 9 N–H and O–H groups in total. The van der Waals surface area contributed by atoms with Crippen LogP contribution in [0, 0.1) is 5.92 Å². The maximum Gasteiger partial charge on any atom is 0.305 e. The van der Waals surface area contributed by atoms with Crippen LogP contribution in [0.4, 0.5) is 0 Å². The van der Waals surface area contributed by atoms with Gasteiger partial charge in [0.05, 0.1) is 37.1 Å². The van der Waals surface area contributed by atoms with Crippen molar-refractivity contribution in [2.45, 2.75) is 96.7 Å². The van der Waals surface area contributed by atoms with Gasteiger partial charge in [0, 0.05) is 18.5 Å². The summed E-state index contributed by atoms with van der Waals surface area (Å²) < 4.78 is 0. The molecule has 0 heterocycles. The number of hydrogen-bond acceptors (Lipinski definition) is 9. The van der Waals surface area contributed by atoms with Crippen LogP contribution in [-0.4, -0.2) is 89.0 Å². The summed E-state index contributed by atoms with van der Waals surface area (Å²) in [6.07, 6.45) is -1.87. The van der Waals surface area contributed by atoms with E-state index in [0.717, 1.165) is 5.56 Å². The molecule has 0 bridgehead atoms. The van der Waals surface area contributed by atoms with Gasteiger partial charge >= 0.3 is 5.97 Å². The summed E-state index contributed by atoms with van der Waals surface area (Å²) in [5.74, 6) is -4.71. The molecule has 0 saturated carbocycles. The summed E-state index contributed by atoms with van der Waals surface area (Å²) >= 11 is 0. The number of aliphatic hydroxyl groups is 1. The summed E-state index contributed by atoms with van der Waals surface area (Å²) in [7, 11) is 1.42. The van der Waals surface area contributed by atoms with Crippen molar-refractivity contribution < 1.29 is 39.0 Å². The van der Waals surface area contributed by atoms with E-state index in [1.165, 1.54) is 14.0 Å². The molecule has 14 nitrogen and oxygen atoms in total. The number of nitrogens with two attached hydrogens (primary N) is 1. The van der Waals surface area contributed by atoms with Crippen LogP contribution in [-0.2, 0) is 41.7 Å². The lowest BCUT2D eigenvalue weighted by molar-refractivity contribution is -0.140. The quantitative estimate of drug-likeness (QED) is 0.0930. The Labute approximate surface area is 251 Å². The van der Waals surface area contributed by atoms with Gasteiger partial charge in [-0.1, -0.05) is 52.0 Å². The number of aliphatic hydroxyl groups excluding tert-OH is 1. The van der Waals surface area contributed by atoms with E-state index in [2.05, 4.69) is 26.6 Å². The number of rotatable bonds is 19. The van der Waals surface area contributed by atoms with Crippen LogP contribution in [0.3, 0.4) is 0 Å². The van der Waals surface area contributed by atoms with E-state index in [9.17, 15) is 33.9 Å². The fraction of sp³-hybridized carbons (Fsp3) is 0.586. The Morgan fingerprint density at radius 1 is 0.837 bits per heavy atom. The van der Waals surface area contributed by atoms with Crippen molar-refractivity contribution >= 4 is 35.4 Å². The highest BCUT2D eigenvalue weighted by atomic mass is 16.4. The van der Waals surface area contributed by atoms with Crippen LogP contribution in [0.25, 0.3) is 0 Å². The topological polar surface area (TPSA) is 229 Å². The molecule has 1 aromatic carbocycles. The molecule has 5 atom stereocenters. The van der Waals surface area contributed by atoms with E-state index >= 15 is 0 Å². The third-order valence-corrected chi connectivity index (χ3v) is 6.62. The molecule has 0 saturated heterocycles. The molecular weight excluding hydrogens is 560 g/mol. The largest absolute Gasteiger partial charge is 0.481 e. The Bertz CT molecular complexity index is 1140. The summed E-state index contributed by atoms with van der Waals surface area (Å²) in [5, 5.41) is 32.4. The maximum atomic E-state index is 13.1. The van der Waals surface area contributed by atoms with Gasteiger partial charge in [-0.05, 0) is 31.5 Å². The van der Waals surface area contributed by atoms with Crippen LogP contribution in [0.2, 0.25) is 0 Å². The number of Topliss-reactive ketones (excluding diaryl/α,β-unsaturated/α-hetero) is 1. The van der Waals surface area contributed by atoms with E-state index < -0.39 is 72.2 Å². The van der Waals surface area contributed by atoms with Gasteiger partial charge in [0.2, 0.25) is 23.6 Å². The normalized spacial score (nSPS) is 14.7. The van der Waals surface area contributed by atoms with Crippen molar-refractivity contribution in [2.24, 2.45) is 11.7 Å². The molecule has 14 heteroatoms. The highest BCUT2D eigenvalue weighted by molar-refractivity contribution is 5.96. The highest BCUT2D eigenvalue weighted by Gasteiger charge is 2.30. The molecule has 4 amide bonds. The van der Waals surface area contributed by atoms with Gasteiger partial charge in [-0.15, -0.1) is 0 Å². The zero-order valence-electron chi connectivity index (χ0n) is 25.6. The third-order valence-electron chi connectivity index (χ3n) is 6.62. The number of carboxylic acid groups (broad SMARTS) is 1. The molecule has 0 spiro atoms. The third kappa shape index (κ3) is 12.9. The Kier molecular flexibility index (Phi) is 15.5. The first-order valence-corrected chi connectivity index (χ1v) is 14.2. The molecule has 1 rings (SSSR count). The van der Waals surface area contributed by atoms with Crippen molar-refractivity contribution in [3.63, 3.8) is 0 Å². The molecule has 0 unspecified atom stereocenters. The molecule has 0 aliphatic rings. The molecule has 0 fully saturated rings. The van der Waals surface area contributed by atoms with Crippen molar-refractivity contribution in [3.8, 4) is 0 Å². The van der Waals surface area contributed by atoms with E-state index in [0.29, 0.717) is 5.56 Å². The number of carbonyl (C=O) groups excluding carboxylic acids is 5. The van der Waals surface area contributed by atoms with Crippen LogP contribution >= 0.6 is 0 Å². The Balaban J connectivity index is 3.05. The van der Waals surface area contributed by atoms with Crippen molar-refractivity contribution in [1.82, 2.24) is 26.6 Å². The lowest BCUT2D eigenvalue weighted by Crippen LogP contribution is -2.57. The number of amides is 4. The van der Waals surface area contributed by atoms with Crippen molar-refractivity contribution in [3.05, 3.63) is 35.4 Å². The zero-order chi connectivity index (χ0) is 32.9. The number of carboxylic acids is 1. The van der Waals surface area contributed by atoms with E-state index in [1.807, 2.05) is 13.8 Å². The first-order chi connectivity index (χ1) is 20.1. The molecule has 0 aliphatic heterocycles. The van der Waals surface area contributed by atoms with Gasteiger partial charge < -0.3 is 42.5 Å². The number of benzene rings is 1. The fourth-order valence-electron chi connectivity index (χ4n) is 4.31.